The van der Waals surface area contributed by atoms with Crippen molar-refractivity contribution in [2.75, 3.05) is 4.90 Å². The monoisotopic (exact) mass is 454 g/mol. The number of nitrogens with two attached hydrogens (primary N) is 1. The van der Waals surface area contributed by atoms with E-state index in [-0.39, 0.29) is 10.5 Å². The van der Waals surface area contributed by atoms with E-state index in [0.717, 1.165) is 5.56 Å². The Morgan fingerprint density at radius 2 is 1.71 bits per heavy atom. The topological polar surface area (TPSA) is 118 Å². The number of Topliss-reactive ketones (excluding diaryl/α,β-unsaturated/α-hetero) is 1. The zero-order valence-corrected chi connectivity index (χ0v) is 18.0. The molecular weight excluding hydrogens is 436 g/mol. The second-order valence-corrected chi connectivity index (χ2v) is 9.61. The Hall–Kier alpha value is -3.27. The Kier molecular flexibility index (Phi) is 5.26. The fourth-order valence-electron chi connectivity index (χ4n) is 3.50. The maximum atomic E-state index is 13.2. The van der Waals surface area contributed by atoms with Crippen molar-refractivity contribution in [2.45, 2.75) is 17.9 Å². The molecule has 4 rings (SSSR count). The van der Waals surface area contributed by atoms with Gasteiger partial charge in [0.15, 0.2) is 5.76 Å². The van der Waals surface area contributed by atoms with Crippen LogP contribution in [0.4, 0.5) is 5.69 Å². The zero-order chi connectivity index (χ0) is 22.3. The molecule has 0 unspecified atom stereocenters. The molecule has 0 fully saturated rings. The van der Waals surface area contributed by atoms with Gasteiger partial charge in [0, 0.05) is 5.69 Å². The first-order chi connectivity index (χ1) is 14.7. The minimum Gasteiger partial charge on any atom is -0.503 e. The summed E-state index contributed by atoms with van der Waals surface area (Å²) in [4.78, 5) is 27.8. The van der Waals surface area contributed by atoms with E-state index in [1.165, 1.54) is 40.5 Å². The number of rotatable bonds is 5. The number of aliphatic hydroxyl groups is 1. The third kappa shape index (κ3) is 3.78. The van der Waals surface area contributed by atoms with Crippen molar-refractivity contribution in [3.05, 3.63) is 93.4 Å². The van der Waals surface area contributed by atoms with Crippen LogP contribution in [-0.2, 0) is 14.8 Å². The summed E-state index contributed by atoms with van der Waals surface area (Å²) in [5.41, 5.74) is 1.94. The van der Waals surface area contributed by atoms with Gasteiger partial charge in [-0.05, 0) is 48.2 Å². The Morgan fingerprint density at radius 1 is 1.06 bits per heavy atom. The molecule has 1 atom stereocenters. The molecule has 0 saturated heterocycles. The van der Waals surface area contributed by atoms with Crippen LogP contribution in [0.5, 0.6) is 0 Å². The maximum absolute atomic E-state index is 13.2. The smallest absolute Gasteiger partial charge is 0.294 e. The summed E-state index contributed by atoms with van der Waals surface area (Å²) in [6.45, 7) is 1.92. The number of nitrogens with zero attached hydrogens (tertiary/aromatic N) is 1. The van der Waals surface area contributed by atoms with E-state index in [4.69, 9.17) is 5.14 Å². The zero-order valence-electron chi connectivity index (χ0n) is 16.3. The second kappa shape index (κ2) is 7.77. The number of carbonyl (C=O) groups is 2. The number of aliphatic hydroxyl groups excluding tert-OH is 1. The van der Waals surface area contributed by atoms with Crippen LogP contribution >= 0.6 is 11.3 Å². The average molecular weight is 455 g/mol. The van der Waals surface area contributed by atoms with E-state index in [2.05, 4.69) is 0 Å². The van der Waals surface area contributed by atoms with Crippen LogP contribution in [0.25, 0.3) is 0 Å². The van der Waals surface area contributed by atoms with Gasteiger partial charge in [-0.2, -0.15) is 0 Å². The lowest BCUT2D eigenvalue weighted by molar-refractivity contribution is -0.117. The molecule has 1 aliphatic heterocycles. The van der Waals surface area contributed by atoms with Gasteiger partial charge in [-0.15, -0.1) is 11.3 Å². The third-order valence-corrected chi connectivity index (χ3v) is 6.83. The van der Waals surface area contributed by atoms with Gasteiger partial charge < -0.3 is 5.11 Å². The van der Waals surface area contributed by atoms with Gasteiger partial charge >= 0.3 is 0 Å². The van der Waals surface area contributed by atoms with Gasteiger partial charge in [-0.3, -0.25) is 14.5 Å². The largest absolute Gasteiger partial charge is 0.503 e. The molecule has 1 aromatic heterocycles. The van der Waals surface area contributed by atoms with E-state index < -0.39 is 33.5 Å². The predicted octanol–water partition coefficient (Wildman–Crippen LogP) is 3.49. The van der Waals surface area contributed by atoms with Crippen molar-refractivity contribution >= 4 is 38.7 Å². The van der Waals surface area contributed by atoms with Crippen LogP contribution in [0, 0.1) is 6.92 Å². The number of aryl methyl sites for hydroxylation is 1. The fourth-order valence-corrected chi connectivity index (χ4v) is 4.70. The molecule has 1 aliphatic rings. The highest BCUT2D eigenvalue weighted by Gasteiger charge is 2.44. The molecule has 0 bridgehead atoms. The number of benzene rings is 2. The maximum Gasteiger partial charge on any atom is 0.294 e. The lowest BCUT2D eigenvalue weighted by Gasteiger charge is -2.27. The number of anilines is 1. The normalized spacial score (nSPS) is 16.8. The summed E-state index contributed by atoms with van der Waals surface area (Å²) in [6, 6.07) is 15.2. The molecule has 1 amide bonds. The molecule has 2 aromatic carbocycles. The molecule has 9 heteroatoms. The van der Waals surface area contributed by atoms with Crippen LogP contribution in [0.2, 0.25) is 0 Å². The van der Waals surface area contributed by atoms with E-state index in [0.29, 0.717) is 16.1 Å². The third-order valence-electron chi connectivity index (χ3n) is 5.03. The Labute approximate surface area is 183 Å². The molecule has 31 heavy (non-hydrogen) atoms. The first-order valence-electron chi connectivity index (χ1n) is 9.23. The van der Waals surface area contributed by atoms with Crippen molar-refractivity contribution in [2.24, 2.45) is 5.14 Å². The van der Waals surface area contributed by atoms with Crippen molar-refractivity contribution in [3.63, 3.8) is 0 Å². The molecule has 0 aliphatic carbocycles. The number of amides is 1. The van der Waals surface area contributed by atoms with Crippen LogP contribution in [-0.4, -0.2) is 25.2 Å². The minimum atomic E-state index is -3.91. The molecule has 0 spiro atoms. The van der Waals surface area contributed by atoms with E-state index >= 15 is 0 Å². The lowest BCUT2D eigenvalue weighted by atomic mass is 9.94. The summed E-state index contributed by atoms with van der Waals surface area (Å²) in [7, 11) is -3.91. The number of carbonyl (C=O) groups excluding carboxylic acids is 2. The number of sulfonamides is 1. The van der Waals surface area contributed by atoms with Gasteiger partial charge in [0.05, 0.1) is 21.4 Å². The SMILES string of the molecule is Cc1ccc([C@H]2C(C(=O)c3cccs3)=C(O)C(=O)N2c2ccc(S(N)(=O)=O)cc2)cc1. The highest BCUT2D eigenvalue weighted by atomic mass is 32.2. The number of primary sulfonamides is 1. The summed E-state index contributed by atoms with van der Waals surface area (Å²) in [6.07, 6.45) is 0. The van der Waals surface area contributed by atoms with Crippen LogP contribution in [0.3, 0.4) is 0 Å². The van der Waals surface area contributed by atoms with Crippen LogP contribution in [0.15, 0.2) is 82.3 Å². The van der Waals surface area contributed by atoms with E-state index in [9.17, 15) is 23.1 Å². The molecular formula is C22H18N2O5S2. The van der Waals surface area contributed by atoms with Crippen molar-refractivity contribution in [1.29, 1.82) is 0 Å². The standard InChI is InChI=1S/C22H18N2O5S2/c1-13-4-6-14(7-5-13)19-18(20(25)17-3-2-12-30-17)21(26)22(27)24(19)15-8-10-16(11-9-15)31(23,28)29/h2-12,19,26H,1H3,(H2,23,28,29)/t19-/m0/s1. The van der Waals surface area contributed by atoms with Gasteiger partial charge in [0.2, 0.25) is 15.8 Å². The van der Waals surface area contributed by atoms with E-state index in [1.54, 1.807) is 29.6 Å². The van der Waals surface area contributed by atoms with Gasteiger partial charge in [-0.1, -0.05) is 35.9 Å². The lowest BCUT2D eigenvalue weighted by Crippen LogP contribution is -2.31. The number of hydrogen-bond acceptors (Lipinski definition) is 6. The number of ketones is 1. The Morgan fingerprint density at radius 3 is 2.26 bits per heavy atom. The average Bonchev–Trinajstić information content (AvgIpc) is 3.35. The van der Waals surface area contributed by atoms with Crippen molar-refractivity contribution in [1.82, 2.24) is 0 Å². The minimum absolute atomic E-state index is 0.0215. The van der Waals surface area contributed by atoms with Gasteiger partial charge in [0.25, 0.3) is 5.91 Å². The van der Waals surface area contributed by atoms with Crippen LogP contribution < -0.4 is 10.0 Å². The molecule has 0 radical (unpaired) electrons. The van der Waals surface area contributed by atoms with Crippen molar-refractivity contribution < 1.29 is 23.1 Å². The van der Waals surface area contributed by atoms with Gasteiger partial charge in [-0.25, -0.2) is 13.6 Å². The summed E-state index contributed by atoms with van der Waals surface area (Å²) >= 11 is 1.22. The first-order valence-corrected chi connectivity index (χ1v) is 11.7. The molecule has 7 nitrogen and oxygen atoms in total. The van der Waals surface area contributed by atoms with Crippen molar-refractivity contribution in [3.8, 4) is 0 Å². The van der Waals surface area contributed by atoms with Crippen LogP contribution in [0.1, 0.15) is 26.8 Å². The Balaban J connectivity index is 1.85. The molecule has 3 N–H and O–H groups in total. The predicted molar refractivity (Wildman–Crippen MR) is 118 cm³/mol. The summed E-state index contributed by atoms with van der Waals surface area (Å²) < 4.78 is 23.2. The second-order valence-electron chi connectivity index (χ2n) is 7.10. The van der Waals surface area contributed by atoms with E-state index in [1.807, 2.05) is 19.1 Å². The highest BCUT2D eigenvalue weighted by Crippen LogP contribution is 2.42. The number of thiophene rings is 1. The Bertz CT molecular complexity index is 1290. The van der Waals surface area contributed by atoms with Gasteiger partial charge in [0.1, 0.15) is 0 Å². The molecule has 0 saturated carbocycles. The quantitative estimate of drug-likeness (QED) is 0.572. The molecule has 2 heterocycles. The summed E-state index contributed by atoms with van der Waals surface area (Å²) in [5.74, 6) is -1.80. The molecule has 3 aromatic rings. The first kappa shape index (κ1) is 21.0. The molecule has 158 valence electrons. The fraction of sp³-hybridized carbons (Fsp3) is 0.0909. The summed E-state index contributed by atoms with van der Waals surface area (Å²) in [5, 5.41) is 17.6. The number of hydrogen-bond donors (Lipinski definition) is 2. The highest BCUT2D eigenvalue weighted by molar-refractivity contribution is 7.89.